The largest absolute Gasteiger partial charge is 0.418 e. The van der Waals surface area contributed by atoms with Crippen LogP contribution in [0, 0.1) is 0 Å². The zero-order chi connectivity index (χ0) is 16.5. The van der Waals surface area contributed by atoms with Gasteiger partial charge in [0, 0.05) is 27.2 Å². The molecule has 2 atom stereocenters. The molecule has 0 aliphatic carbocycles. The van der Waals surface area contributed by atoms with E-state index in [-0.39, 0.29) is 12.5 Å². The molecule has 1 aliphatic heterocycles. The van der Waals surface area contributed by atoms with Crippen LogP contribution in [-0.4, -0.2) is 59.8 Å². The van der Waals surface area contributed by atoms with Crippen LogP contribution in [-0.2, 0) is 4.79 Å². The molecule has 1 aliphatic rings. The average Bonchev–Trinajstić information content (AvgIpc) is 2.83. The molecule has 1 amide bonds. The van der Waals surface area contributed by atoms with Crippen molar-refractivity contribution in [1.29, 1.82) is 0 Å². The maximum atomic E-state index is 13.0. The molecule has 2 rings (SSSR count). The van der Waals surface area contributed by atoms with Gasteiger partial charge >= 0.3 is 6.18 Å². The van der Waals surface area contributed by atoms with Crippen LogP contribution in [0.5, 0.6) is 0 Å². The molecular formula is C15H19F3N2O2. The van der Waals surface area contributed by atoms with Crippen LogP contribution >= 0.6 is 0 Å². The lowest BCUT2D eigenvalue weighted by atomic mass is 10.0. The average molecular weight is 316 g/mol. The number of hydrogen-bond acceptors (Lipinski definition) is 3. The van der Waals surface area contributed by atoms with Crippen LogP contribution in [0.25, 0.3) is 0 Å². The minimum absolute atomic E-state index is 0.00908. The molecule has 4 nitrogen and oxygen atoms in total. The first-order chi connectivity index (χ1) is 10.2. The monoisotopic (exact) mass is 316 g/mol. The summed E-state index contributed by atoms with van der Waals surface area (Å²) in [6.45, 7) is -0.592. The van der Waals surface area contributed by atoms with E-state index in [9.17, 15) is 23.1 Å². The molecule has 0 aromatic heterocycles. The molecule has 0 radical (unpaired) electrons. The number of amides is 1. The summed E-state index contributed by atoms with van der Waals surface area (Å²) in [4.78, 5) is 15.2. The molecule has 0 spiro atoms. The van der Waals surface area contributed by atoms with Crippen LogP contribution in [0.2, 0.25) is 0 Å². The van der Waals surface area contributed by atoms with E-state index < -0.39 is 30.8 Å². The van der Waals surface area contributed by atoms with E-state index in [1.54, 1.807) is 44.4 Å². The number of carbonyl (C=O) groups excluding carboxylic acids is 1. The zero-order valence-corrected chi connectivity index (χ0v) is 12.5. The lowest BCUT2D eigenvalue weighted by molar-refractivity contribution is -0.254. The first kappa shape index (κ1) is 16.8. The summed E-state index contributed by atoms with van der Waals surface area (Å²) in [6.07, 6.45) is -5.13. The molecule has 1 N–H and O–H groups in total. The molecular weight excluding hydrogens is 297 g/mol. The van der Waals surface area contributed by atoms with Gasteiger partial charge in [-0.2, -0.15) is 13.2 Å². The molecule has 7 heteroatoms. The van der Waals surface area contributed by atoms with Crippen molar-refractivity contribution in [1.82, 2.24) is 9.80 Å². The van der Waals surface area contributed by atoms with Gasteiger partial charge in [0.25, 0.3) is 0 Å². The Morgan fingerprint density at radius 2 is 1.91 bits per heavy atom. The van der Waals surface area contributed by atoms with Crippen molar-refractivity contribution in [3.63, 3.8) is 0 Å². The first-order valence-electron chi connectivity index (χ1n) is 6.95. The number of halogens is 3. The smallest absolute Gasteiger partial charge is 0.379 e. The first-order valence-corrected chi connectivity index (χ1v) is 6.95. The molecule has 22 heavy (non-hydrogen) atoms. The van der Waals surface area contributed by atoms with Gasteiger partial charge in [0.05, 0.1) is 0 Å². The SMILES string of the molecule is CN(C)C(=O)[C@@H](c1ccccc1)N1CC[C@](O)(C(F)(F)F)C1. The van der Waals surface area contributed by atoms with E-state index in [0.717, 1.165) is 0 Å². The third kappa shape index (κ3) is 3.10. The summed E-state index contributed by atoms with van der Waals surface area (Å²) >= 11 is 0. The second kappa shape index (κ2) is 5.89. The van der Waals surface area contributed by atoms with Gasteiger partial charge in [-0.15, -0.1) is 0 Å². The predicted molar refractivity (Wildman–Crippen MR) is 75.1 cm³/mol. The highest BCUT2D eigenvalue weighted by Gasteiger charge is 2.58. The molecule has 1 saturated heterocycles. The number of likely N-dealkylation sites (tertiary alicyclic amines) is 1. The van der Waals surface area contributed by atoms with Gasteiger partial charge in [0.15, 0.2) is 5.60 Å². The molecule has 122 valence electrons. The van der Waals surface area contributed by atoms with E-state index in [1.807, 2.05) is 0 Å². The molecule has 0 unspecified atom stereocenters. The molecule has 0 bridgehead atoms. The fourth-order valence-corrected chi connectivity index (χ4v) is 2.66. The predicted octanol–water partition coefficient (Wildman–Crippen LogP) is 1.81. The van der Waals surface area contributed by atoms with Crippen molar-refractivity contribution in [3.05, 3.63) is 35.9 Å². The van der Waals surface area contributed by atoms with Gasteiger partial charge in [-0.1, -0.05) is 30.3 Å². The van der Waals surface area contributed by atoms with Crippen molar-refractivity contribution in [2.45, 2.75) is 24.2 Å². The molecule has 1 fully saturated rings. The summed E-state index contributed by atoms with van der Waals surface area (Å²) in [6, 6.07) is 7.83. The zero-order valence-electron chi connectivity index (χ0n) is 12.5. The van der Waals surface area contributed by atoms with E-state index in [2.05, 4.69) is 0 Å². The van der Waals surface area contributed by atoms with Crippen molar-refractivity contribution < 1.29 is 23.1 Å². The quantitative estimate of drug-likeness (QED) is 0.925. The van der Waals surface area contributed by atoms with Gasteiger partial charge in [0.1, 0.15) is 6.04 Å². The Balaban J connectivity index is 2.31. The standard InChI is InChI=1S/C15H19F3N2O2/c1-19(2)13(21)12(11-6-4-3-5-7-11)20-9-8-14(22,10-20)15(16,17)18/h3-7,12,22H,8-10H2,1-2H3/t12-,14-/m1/s1. The Morgan fingerprint density at radius 3 is 2.36 bits per heavy atom. The molecule has 1 heterocycles. The summed E-state index contributed by atoms with van der Waals surface area (Å²) in [5.41, 5.74) is -2.14. The Kier molecular flexibility index (Phi) is 4.49. The molecule has 1 aromatic rings. The minimum atomic E-state index is -4.70. The fraction of sp³-hybridized carbons (Fsp3) is 0.533. The normalized spacial score (nSPS) is 24.3. The molecule has 0 saturated carbocycles. The van der Waals surface area contributed by atoms with Crippen molar-refractivity contribution in [2.75, 3.05) is 27.2 Å². The number of carbonyl (C=O) groups is 1. The maximum absolute atomic E-state index is 13.0. The highest BCUT2D eigenvalue weighted by atomic mass is 19.4. The van der Waals surface area contributed by atoms with Gasteiger partial charge < -0.3 is 10.0 Å². The van der Waals surface area contributed by atoms with Gasteiger partial charge in [0.2, 0.25) is 5.91 Å². The van der Waals surface area contributed by atoms with Gasteiger partial charge in [-0.25, -0.2) is 0 Å². The number of likely N-dealkylation sites (N-methyl/N-ethyl adjacent to an activating group) is 1. The highest BCUT2D eigenvalue weighted by Crippen LogP contribution is 2.40. The second-order valence-corrected chi connectivity index (χ2v) is 5.80. The lowest BCUT2D eigenvalue weighted by Gasteiger charge is -2.31. The number of β-amino-alcohol motifs (C(OH)–C–C–N with tert-alkyl or cyclic N) is 1. The van der Waals surface area contributed by atoms with Crippen molar-refractivity contribution >= 4 is 5.91 Å². The lowest BCUT2D eigenvalue weighted by Crippen LogP contribution is -2.48. The van der Waals surface area contributed by atoms with Crippen LogP contribution in [0.1, 0.15) is 18.0 Å². The summed E-state index contributed by atoms with van der Waals surface area (Å²) in [5, 5.41) is 9.82. The highest BCUT2D eigenvalue weighted by molar-refractivity contribution is 5.83. The van der Waals surface area contributed by atoms with E-state index in [4.69, 9.17) is 0 Å². The molecule has 1 aromatic carbocycles. The third-order valence-electron chi connectivity index (χ3n) is 3.96. The van der Waals surface area contributed by atoms with Crippen molar-refractivity contribution in [3.8, 4) is 0 Å². The second-order valence-electron chi connectivity index (χ2n) is 5.80. The van der Waals surface area contributed by atoms with Crippen LogP contribution < -0.4 is 0 Å². The van der Waals surface area contributed by atoms with Gasteiger partial charge in [-0.3, -0.25) is 9.69 Å². The summed E-state index contributed by atoms with van der Waals surface area (Å²) in [7, 11) is 3.12. The van der Waals surface area contributed by atoms with Crippen LogP contribution in [0.3, 0.4) is 0 Å². The third-order valence-corrected chi connectivity index (χ3v) is 3.96. The van der Waals surface area contributed by atoms with Crippen molar-refractivity contribution in [2.24, 2.45) is 0 Å². The number of hydrogen-bond donors (Lipinski definition) is 1. The number of alkyl halides is 3. The Hall–Kier alpha value is -1.60. The number of aliphatic hydroxyl groups is 1. The Morgan fingerprint density at radius 1 is 1.32 bits per heavy atom. The number of rotatable bonds is 3. The van der Waals surface area contributed by atoms with Crippen LogP contribution in [0.4, 0.5) is 13.2 Å². The Bertz CT molecular complexity index is 533. The number of benzene rings is 1. The number of nitrogens with zero attached hydrogens (tertiary/aromatic N) is 2. The van der Waals surface area contributed by atoms with Crippen LogP contribution in [0.15, 0.2) is 30.3 Å². The maximum Gasteiger partial charge on any atom is 0.418 e. The van der Waals surface area contributed by atoms with E-state index in [0.29, 0.717) is 5.56 Å². The topological polar surface area (TPSA) is 43.8 Å². The van der Waals surface area contributed by atoms with E-state index >= 15 is 0 Å². The van der Waals surface area contributed by atoms with E-state index in [1.165, 1.54) is 9.80 Å². The Labute approximate surface area is 127 Å². The minimum Gasteiger partial charge on any atom is -0.379 e. The van der Waals surface area contributed by atoms with Gasteiger partial charge in [-0.05, 0) is 12.0 Å². The summed E-state index contributed by atoms with van der Waals surface area (Å²) < 4.78 is 38.9. The summed E-state index contributed by atoms with van der Waals surface area (Å²) in [5.74, 6) is -0.308. The fourth-order valence-electron chi connectivity index (χ4n) is 2.66.